The average Bonchev–Trinajstić information content (AvgIpc) is 1.82. The van der Waals surface area contributed by atoms with Crippen molar-refractivity contribution < 1.29 is 4.74 Å². The maximum absolute atomic E-state index is 7.27. The van der Waals surface area contributed by atoms with Gasteiger partial charge < -0.3 is 14.5 Å². The number of benzene rings is 8. The average molecular weight is 1100 g/mol. The van der Waals surface area contributed by atoms with E-state index in [2.05, 4.69) is 314 Å². The molecular formula is C78H86N4O. The molecule has 424 valence electrons. The molecule has 5 nitrogen and oxygen atoms in total. The Morgan fingerprint density at radius 2 is 0.964 bits per heavy atom. The van der Waals surface area contributed by atoms with Crippen molar-refractivity contribution in [3.8, 4) is 28.4 Å². The monoisotopic (exact) mass is 1090 g/mol. The molecule has 0 N–H and O–H groups in total. The first-order valence-corrected chi connectivity index (χ1v) is 30.2. The zero-order chi connectivity index (χ0) is 59.1. The number of rotatable bonds is 12. The summed E-state index contributed by atoms with van der Waals surface area (Å²) >= 11 is 0. The van der Waals surface area contributed by atoms with Crippen LogP contribution in [-0.4, -0.2) is 16.2 Å². The molecule has 0 saturated carbocycles. The van der Waals surface area contributed by atoms with Gasteiger partial charge in [0.2, 0.25) is 0 Å². The van der Waals surface area contributed by atoms with Crippen molar-refractivity contribution in [2.45, 2.75) is 157 Å². The normalized spacial score (nSPS) is 13.5. The number of hydrogen-bond donors (Lipinski definition) is 0. The van der Waals surface area contributed by atoms with E-state index in [1.807, 2.05) is 6.20 Å². The van der Waals surface area contributed by atoms with Crippen LogP contribution in [0.3, 0.4) is 0 Å². The first kappa shape index (κ1) is 56.9. The van der Waals surface area contributed by atoms with Gasteiger partial charge in [0.25, 0.3) is 0 Å². The zero-order valence-corrected chi connectivity index (χ0v) is 52.5. The Morgan fingerprint density at radius 1 is 0.398 bits per heavy atom. The second-order valence-corrected chi connectivity index (χ2v) is 28.3. The Labute approximate surface area is 496 Å². The highest BCUT2D eigenvalue weighted by atomic mass is 16.5. The van der Waals surface area contributed by atoms with Crippen molar-refractivity contribution in [1.82, 2.24) is 9.55 Å². The molecule has 11 rings (SSSR count). The molecule has 1 aliphatic rings. The van der Waals surface area contributed by atoms with Gasteiger partial charge in [0.05, 0.1) is 22.4 Å². The molecule has 0 radical (unpaired) electrons. The molecule has 0 amide bonds. The molecular weight excluding hydrogens is 1010 g/mol. The summed E-state index contributed by atoms with van der Waals surface area (Å²) in [4.78, 5) is 10.2. The highest BCUT2D eigenvalue weighted by Crippen LogP contribution is 2.51. The maximum Gasteiger partial charge on any atom is 0.137 e. The Morgan fingerprint density at radius 3 is 1.57 bits per heavy atom. The van der Waals surface area contributed by atoms with Gasteiger partial charge in [0, 0.05) is 51.3 Å². The second-order valence-electron chi connectivity index (χ2n) is 28.3. The Balaban J connectivity index is 1.08. The zero-order valence-electron chi connectivity index (χ0n) is 52.5. The summed E-state index contributed by atoms with van der Waals surface area (Å²) in [7, 11) is 0. The third-order valence-electron chi connectivity index (χ3n) is 17.9. The van der Waals surface area contributed by atoms with Gasteiger partial charge in [0.15, 0.2) is 0 Å². The van der Waals surface area contributed by atoms with E-state index >= 15 is 0 Å². The van der Waals surface area contributed by atoms with Gasteiger partial charge in [-0.25, -0.2) is 4.98 Å². The van der Waals surface area contributed by atoms with E-state index in [9.17, 15) is 0 Å². The Kier molecular flexibility index (Phi) is 14.5. The van der Waals surface area contributed by atoms with E-state index in [1.54, 1.807) is 0 Å². The lowest BCUT2D eigenvalue weighted by atomic mass is 9.75. The van der Waals surface area contributed by atoms with Gasteiger partial charge in [0.1, 0.15) is 24.0 Å². The first-order valence-electron chi connectivity index (χ1n) is 30.2. The predicted molar refractivity (Wildman–Crippen MR) is 354 cm³/mol. The van der Waals surface area contributed by atoms with Crippen molar-refractivity contribution in [2.24, 2.45) is 0 Å². The number of hydrogen-bond acceptors (Lipinski definition) is 4. The van der Waals surface area contributed by atoms with Crippen molar-refractivity contribution in [3.05, 3.63) is 238 Å². The van der Waals surface area contributed by atoms with Crippen LogP contribution < -0.4 is 14.5 Å². The van der Waals surface area contributed by atoms with Crippen molar-refractivity contribution in [2.75, 3.05) is 16.5 Å². The van der Waals surface area contributed by atoms with Crippen LogP contribution in [0.25, 0.3) is 38.8 Å². The SMILES string of the molecule is CC(C)c1cccc(C(C)C)c1-c1ccc2c(c1)N(c1cc(Oc3ccc4c5cc(C(C)(C)c6ccccc6)ccc5n(-c5cc(C(C)(C)C)ccn5)c4c3)cc(C(C)(C)C)c1)CN2c1cc(C(C)(C)C)cc(C(C)(C)c2ccccc2)c1. The second kappa shape index (κ2) is 21.1. The minimum atomic E-state index is -0.239. The molecule has 0 atom stereocenters. The van der Waals surface area contributed by atoms with Gasteiger partial charge in [-0.1, -0.05) is 215 Å². The van der Waals surface area contributed by atoms with E-state index in [4.69, 9.17) is 9.72 Å². The van der Waals surface area contributed by atoms with Gasteiger partial charge >= 0.3 is 0 Å². The fourth-order valence-corrected chi connectivity index (χ4v) is 12.4. The molecule has 0 unspecified atom stereocenters. The Hall–Kier alpha value is -7.89. The molecule has 0 bridgehead atoms. The molecule has 83 heavy (non-hydrogen) atoms. The number of aromatic nitrogens is 2. The molecule has 1 aliphatic heterocycles. The number of pyridine rings is 1. The van der Waals surface area contributed by atoms with Crippen molar-refractivity contribution in [3.63, 3.8) is 0 Å². The summed E-state index contributed by atoms with van der Waals surface area (Å²) in [6.45, 7) is 40.0. The molecule has 2 aromatic heterocycles. The van der Waals surface area contributed by atoms with Crippen LogP contribution in [0.2, 0.25) is 0 Å². The summed E-state index contributed by atoms with van der Waals surface area (Å²) in [6.07, 6.45) is 1.96. The molecule has 0 aliphatic carbocycles. The van der Waals surface area contributed by atoms with Crippen LogP contribution in [0.1, 0.15) is 180 Å². The van der Waals surface area contributed by atoms with E-state index in [-0.39, 0.29) is 27.1 Å². The van der Waals surface area contributed by atoms with E-state index < -0.39 is 0 Å². The first-order chi connectivity index (χ1) is 39.2. The summed E-state index contributed by atoms with van der Waals surface area (Å²) in [6, 6.07) is 68.2. The van der Waals surface area contributed by atoms with Crippen LogP contribution >= 0.6 is 0 Å². The predicted octanol–water partition coefficient (Wildman–Crippen LogP) is 21.7. The lowest BCUT2D eigenvalue weighted by Crippen LogP contribution is -2.26. The van der Waals surface area contributed by atoms with Gasteiger partial charge in [-0.05, 0) is 162 Å². The van der Waals surface area contributed by atoms with Crippen LogP contribution in [0, 0.1) is 0 Å². The van der Waals surface area contributed by atoms with E-state index in [1.165, 1.54) is 83.6 Å². The number of fused-ring (bicyclic) bond motifs is 4. The van der Waals surface area contributed by atoms with Crippen molar-refractivity contribution in [1.29, 1.82) is 0 Å². The molecule has 0 spiro atoms. The maximum atomic E-state index is 7.27. The lowest BCUT2D eigenvalue weighted by Gasteiger charge is -2.32. The molecule has 10 aromatic rings. The molecule has 3 heterocycles. The van der Waals surface area contributed by atoms with E-state index in [0.717, 1.165) is 39.4 Å². The number of ether oxygens (including phenoxy) is 1. The van der Waals surface area contributed by atoms with E-state index in [0.29, 0.717) is 18.5 Å². The Bertz CT molecular complexity index is 4020. The van der Waals surface area contributed by atoms with Gasteiger partial charge in [-0.15, -0.1) is 0 Å². The summed E-state index contributed by atoms with van der Waals surface area (Å²) in [5.74, 6) is 3.15. The van der Waals surface area contributed by atoms with Gasteiger partial charge in [-0.3, -0.25) is 4.57 Å². The van der Waals surface area contributed by atoms with Crippen LogP contribution in [0.4, 0.5) is 22.7 Å². The summed E-state index contributed by atoms with van der Waals surface area (Å²) in [5.41, 5.74) is 20.2. The largest absolute Gasteiger partial charge is 0.457 e. The highest BCUT2D eigenvalue weighted by molar-refractivity contribution is 6.10. The van der Waals surface area contributed by atoms with Crippen LogP contribution in [-0.2, 0) is 27.1 Å². The topological polar surface area (TPSA) is 33.5 Å². The third kappa shape index (κ3) is 10.8. The fraction of sp³-hybridized carbons (Fsp3) is 0.321. The highest BCUT2D eigenvalue weighted by Gasteiger charge is 2.34. The molecule has 0 fully saturated rings. The minimum absolute atomic E-state index is 0.0594. The molecule has 0 saturated heterocycles. The standard InChI is InChI=1S/C78H86N4O/c1-50(2)64-29-24-30-65(51(3)4)73(64)52-31-35-69-71(39-52)81(49-80(69)60-41-57(75(8,9)10)40-59(43-60)78(16,17)54-27-22-19-23-28-54)61-42-58(76(11,12)13)44-63(47-61)83-62-33-34-66-67-45-56(77(14,15)53-25-20-18-21-26-53)32-36-68(67)82(70(66)48-62)72-46-55(37-38-79-72)74(5,6)7/h18-48,50-51H,49H2,1-17H3. The van der Waals surface area contributed by atoms with Crippen molar-refractivity contribution >= 4 is 44.6 Å². The number of anilines is 4. The minimum Gasteiger partial charge on any atom is -0.457 e. The quantitative estimate of drug-likeness (QED) is 0.122. The summed E-state index contributed by atoms with van der Waals surface area (Å²) < 4.78 is 9.61. The lowest BCUT2D eigenvalue weighted by molar-refractivity contribution is 0.479. The van der Waals surface area contributed by atoms with Gasteiger partial charge in [-0.2, -0.15) is 0 Å². The molecule has 8 aromatic carbocycles. The number of nitrogens with zero attached hydrogens (tertiary/aromatic N) is 4. The van der Waals surface area contributed by atoms with Crippen LogP contribution in [0.15, 0.2) is 188 Å². The third-order valence-corrected chi connectivity index (χ3v) is 17.9. The fourth-order valence-electron chi connectivity index (χ4n) is 12.4. The molecule has 5 heteroatoms. The smallest absolute Gasteiger partial charge is 0.137 e. The van der Waals surface area contributed by atoms with Crippen LogP contribution in [0.5, 0.6) is 11.5 Å². The summed E-state index contributed by atoms with van der Waals surface area (Å²) in [5, 5.41) is 2.34.